The van der Waals surface area contributed by atoms with Crippen molar-refractivity contribution in [2.75, 3.05) is 25.0 Å². The van der Waals surface area contributed by atoms with Crippen LogP contribution in [0.5, 0.6) is 5.75 Å². The number of carbonyl (C=O) groups excluding carboxylic acids is 2. The second kappa shape index (κ2) is 10.2. The number of likely N-dealkylation sites (N-methyl/N-ethyl adjacent to an activating group) is 1. The van der Waals surface area contributed by atoms with Crippen LogP contribution in [-0.2, 0) is 16.1 Å². The highest BCUT2D eigenvalue weighted by Crippen LogP contribution is 2.17. The number of anilines is 1. The van der Waals surface area contributed by atoms with Crippen molar-refractivity contribution < 1.29 is 14.3 Å². The van der Waals surface area contributed by atoms with Crippen molar-refractivity contribution in [1.29, 1.82) is 0 Å². The molecule has 0 atom stereocenters. The first-order chi connectivity index (χ1) is 13.0. The summed E-state index contributed by atoms with van der Waals surface area (Å²) in [5.74, 6) is 0.220. The third kappa shape index (κ3) is 6.29. The van der Waals surface area contributed by atoms with Gasteiger partial charge in [-0.1, -0.05) is 12.1 Å². The zero-order valence-corrected chi connectivity index (χ0v) is 15.7. The van der Waals surface area contributed by atoms with Gasteiger partial charge in [-0.2, -0.15) is 0 Å². The van der Waals surface area contributed by atoms with Gasteiger partial charge in [0.25, 0.3) is 11.5 Å². The van der Waals surface area contributed by atoms with E-state index in [1.54, 1.807) is 47.5 Å². The van der Waals surface area contributed by atoms with E-state index in [2.05, 4.69) is 5.32 Å². The lowest BCUT2D eigenvalue weighted by molar-refractivity contribution is -0.133. The Bertz CT molecular complexity index is 828. The summed E-state index contributed by atoms with van der Waals surface area (Å²) in [5, 5.41) is 2.78. The van der Waals surface area contributed by atoms with E-state index in [1.165, 1.54) is 10.6 Å². The fourth-order valence-electron chi connectivity index (χ4n) is 2.57. The third-order valence-corrected chi connectivity index (χ3v) is 4.08. The number of hydrogen-bond acceptors (Lipinski definition) is 4. The highest BCUT2D eigenvalue weighted by Gasteiger charge is 2.10. The van der Waals surface area contributed by atoms with Crippen LogP contribution in [0.1, 0.15) is 20.3 Å². The van der Waals surface area contributed by atoms with Gasteiger partial charge in [0.05, 0.1) is 0 Å². The molecule has 1 aromatic heterocycles. The second-order valence-electron chi connectivity index (χ2n) is 5.91. The van der Waals surface area contributed by atoms with Gasteiger partial charge in [-0.25, -0.2) is 0 Å². The number of nitrogens with zero attached hydrogens (tertiary/aromatic N) is 2. The summed E-state index contributed by atoms with van der Waals surface area (Å²) in [7, 11) is 0. The van der Waals surface area contributed by atoms with Crippen LogP contribution in [0.3, 0.4) is 0 Å². The van der Waals surface area contributed by atoms with Gasteiger partial charge in [-0.15, -0.1) is 0 Å². The molecule has 144 valence electrons. The predicted octanol–water partition coefficient (Wildman–Crippen LogP) is 2.12. The van der Waals surface area contributed by atoms with Crippen molar-refractivity contribution in [1.82, 2.24) is 9.47 Å². The monoisotopic (exact) mass is 371 g/mol. The van der Waals surface area contributed by atoms with Crippen molar-refractivity contribution in [3.8, 4) is 5.75 Å². The quantitative estimate of drug-likeness (QED) is 0.732. The number of rotatable bonds is 9. The zero-order valence-electron chi connectivity index (χ0n) is 15.7. The molecule has 0 saturated carbocycles. The SMILES string of the molecule is CCN(CC)C(=O)COc1cccc(NC(=O)CCn2ccccc2=O)c1. The van der Waals surface area contributed by atoms with E-state index in [-0.39, 0.29) is 30.4 Å². The van der Waals surface area contributed by atoms with E-state index in [0.29, 0.717) is 31.1 Å². The minimum atomic E-state index is -0.206. The van der Waals surface area contributed by atoms with Crippen molar-refractivity contribution in [2.45, 2.75) is 26.8 Å². The van der Waals surface area contributed by atoms with Gasteiger partial charge in [0.15, 0.2) is 6.61 Å². The Labute approximate surface area is 158 Å². The number of pyridine rings is 1. The molecule has 0 bridgehead atoms. The smallest absolute Gasteiger partial charge is 0.260 e. The summed E-state index contributed by atoms with van der Waals surface area (Å²) in [5.41, 5.74) is 0.437. The Kier molecular flexibility index (Phi) is 7.61. The van der Waals surface area contributed by atoms with Gasteiger partial charge in [-0.3, -0.25) is 14.4 Å². The minimum absolute atomic E-state index is 0.0456. The molecule has 0 aliphatic rings. The third-order valence-electron chi connectivity index (χ3n) is 4.08. The zero-order chi connectivity index (χ0) is 19.6. The number of aryl methyl sites for hydroxylation is 1. The van der Waals surface area contributed by atoms with E-state index in [9.17, 15) is 14.4 Å². The molecule has 1 aromatic carbocycles. The summed E-state index contributed by atoms with van der Waals surface area (Å²) in [6.07, 6.45) is 1.83. The fraction of sp³-hybridized carbons (Fsp3) is 0.350. The number of ether oxygens (including phenoxy) is 1. The van der Waals surface area contributed by atoms with Crippen LogP contribution in [0.15, 0.2) is 53.5 Å². The Morgan fingerprint density at radius 1 is 1.11 bits per heavy atom. The molecule has 2 rings (SSSR count). The molecular formula is C20H25N3O4. The standard InChI is InChI=1S/C20H25N3O4/c1-3-22(4-2)20(26)15-27-17-9-7-8-16(14-17)21-18(24)11-13-23-12-6-5-10-19(23)25/h5-10,12,14H,3-4,11,13,15H2,1-2H3,(H,21,24). The van der Waals surface area contributed by atoms with E-state index < -0.39 is 0 Å². The van der Waals surface area contributed by atoms with Gasteiger partial charge >= 0.3 is 0 Å². The summed E-state index contributed by atoms with van der Waals surface area (Å²) >= 11 is 0. The number of amides is 2. The van der Waals surface area contributed by atoms with Crippen molar-refractivity contribution >= 4 is 17.5 Å². The lowest BCUT2D eigenvalue weighted by atomic mass is 10.3. The summed E-state index contributed by atoms with van der Waals surface area (Å²) in [4.78, 5) is 37.4. The van der Waals surface area contributed by atoms with Crippen LogP contribution in [0, 0.1) is 0 Å². The van der Waals surface area contributed by atoms with Crippen molar-refractivity contribution in [3.63, 3.8) is 0 Å². The molecule has 0 fully saturated rings. The molecule has 0 radical (unpaired) electrons. The molecule has 0 unspecified atom stereocenters. The first-order valence-electron chi connectivity index (χ1n) is 8.99. The molecule has 0 saturated heterocycles. The van der Waals surface area contributed by atoms with Crippen molar-refractivity contribution in [2.24, 2.45) is 0 Å². The van der Waals surface area contributed by atoms with Gasteiger partial charge in [0.1, 0.15) is 5.75 Å². The molecule has 0 aliphatic carbocycles. The maximum atomic E-state index is 12.1. The fourth-order valence-corrected chi connectivity index (χ4v) is 2.57. The predicted molar refractivity (Wildman–Crippen MR) is 104 cm³/mol. The molecule has 2 amide bonds. The lowest BCUT2D eigenvalue weighted by Gasteiger charge is -2.18. The summed E-state index contributed by atoms with van der Waals surface area (Å²) < 4.78 is 7.02. The van der Waals surface area contributed by atoms with Crippen molar-refractivity contribution in [3.05, 3.63) is 59.0 Å². The average Bonchev–Trinajstić information content (AvgIpc) is 2.67. The number of hydrogen-bond donors (Lipinski definition) is 1. The van der Waals surface area contributed by atoms with E-state index in [0.717, 1.165) is 0 Å². The Hall–Kier alpha value is -3.09. The summed E-state index contributed by atoms with van der Waals surface area (Å²) in [6.45, 7) is 5.37. The molecule has 27 heavy (non-hydrogen) atoms. The molecule has 1 N–H and O–H groups in total. The van der Waals surface area contributed by atoms with Crippen LogP contribution in [0.4, 0.5) is 5.69 Å². The normalized spacial score (nSPS) is 10.3. The highest BCUT2D eigenvalue weighted by atomic mass is 16.5. The number of benzene rings is 1. The first-order valence-corrected chi connectivity index (χ1v) is 8.99. The first kappa shape index (κ1) is 20.2. The number of nitrogens with one attached hydrogen (secondary N) is 1. The maximum Gasteiger partial charge on any atom is 0.260 e. The van der Waals surface area contributed by atoms with Gasteiger partial charge in [-0.05, 0) is 32.0 Å². The second-order valence-corrected chi connectivity index (χ2v) is 5.91. The Morgan fingerprint density at radius 3 is 2.59 bits per heavy atom. The molecule has 7 nitrogen and oxygen atoms in total. The molecule has 0 aliphatic heterocycles. The molecular weight excluding hydrogens is 346 g/mol. The number of aromatic nitrogens is 1. The van der Waals surface area contributed by atoms with Crippen LogP contribution in [-0.4, -0.2) is 41.0 Å². The molecule has 2 aromatic rings. The maximum absolute atomic E-state index is 12.1. The Morgan fingerprint density at radius 2 is 1.89 bits per heavy atom. The Balaban J connectivity index is 1.87. The van der Waals surface area contributed by atoms with Gasteiger partial charge in [0, 0.05) is 50.1 Å². The van der Waals surface area contributed by atoms with E-state index in [1.807, 2.05) is 13.8 Å². The van der Waals surface area contributed by atoms with E-state index >= 15 is 0 Å². The topological polar surface area (TPSA) is 80.6 Å². The molecule has 0 spiro atoms. The highest BCUT2D eigenvalue weighted by molar-refractivity contribution is 5.90. The van der Waals surface area contributed by atoms with Gasteiger partial charge in [0.2, 0.25) is 5.91 Å². The van der Waals surface area contributed by atoms with Gasteiger partial charge < -0.3 is 19.5 Å². The minimum Gasteiger partial charge on any atom is -0.484 e. The van der Waals surface area contributed by atoms with Crippen LogP contribution >= 0.6 is 0 Å². The van der Waals surface area contributed by atoms with Crippen LogP contribution in [0.25, 0.3) is 0 Å². The number of carbonyl (C=O) groups is 2. The van der Waals surface area contributed by atoms with E-state index in [4.69, 9.17) is 4.74 Å². The largest absolute Gasteiger partial charge is 0.484 e. The lowest BCUT2D eigenvalue weighted by Crippen LogP contribution is -2.34. The average molecular weight is 371 g/mol. The molecule has 7 heteroatoms. The molecule has 1 heterocycles. The van der Waals surface area contributed by atoms with Crippen LogP contribution in [0.2, 0.25) is 0 Å². The van der Waals surface area contributed by atoms with Crippen LogP contribution < -0.4 is 15.6 Å². The summed E-state index contributed by atoms with van der Waals surface area (Å²) in [6, 6.07) is 11.8.